The fourth-order valence-corrected chi connectivity index (χ4v) is 5.56. The number of rotatable bonds is 15. The molecule has 0 heterocycles. The summed E-state index contributed by atoms with van der Waals surface area (Å²) in [6, 6.07) is 31.4. The van der Waals surface area contributed by atoms with Gasteiger partial charge in [0.25, 0.3) is 0 Å². The molecule has 0 aliphatic rings. The highest BCUT2D eigenvalue weighted by atomic mass is 16.3. The Hall–Kier alpha value is -3.88. The third kappa shape index (κ3) is 7.69. The first kappa shape index (κ1) is 31.1. The summed E-state index contributed by atoms with van der Waals surface area (Å²) in [6.07, 6.45) is 0. The third-order valence-electron chi connectivity index (χ3n) is 7.65. The highest BCUT2D eigenvalue weighted by Crippen LogP contribution is 2.38. The molecule has 222 valence electrons. The molecule has 5 N–H and O–H groups in total. The minimum atomic E-state index is -0.0351. The van der Waals surface area contributed by atoms with Crippen LogP contribution in [-0.4, -0.2) is 73.0 Å². The van der Waals surface area contributed by atoms with E-state index in [2.05, 4.69) is 79.8 Å². The van der Waals surface area contributed by atoms with E-state index in [0.29, 0.717) is 26.2 Å². The molecule has 0 aliphatic carbocycles. The Morgan fingerprint density at radius 2 is 0.976 bits per heavy atom. The molecule has 0 saturated heterocycles. The number of benzene rings is 4. The van der Waals surface area contributed by atoms with Crippen molar-refractivity contribution in [2.45, 2.75) is 19.8 Å². The zero-order valence-corrected chi connectivity index (χ0v) is 24.6. The lowest BCUT2D eigenvalue weighted by Crippen LogP contribution is -2.29. The molecule has 4 aromatic carbocycles. The third-order valence-corrected chi connectivity index (χ3v) is 7.65. The fraction of sp³-hybridized carbons (Fsp3) is 0.314. The van der Waals surface area contributed by atoms with Crippen LogP contribution < -0.4 is 15.1 Å². The van der Waals surface area contributed by atoms with Crippen molar-refractivity contribution < 1.29 is 20.4 Å². The molecular weight excluding hydrogens is 526 g/mol. The molecule has 0 saturated carbocycles. The van der Waals surface area contributed by atoms with Gasteiger partial charge < -0.3 is 35.5 Å². The second-order valence-electron chi connectivity index (χ2n) is 10.5. The number of aliphatic hydroxyl groups excluding tert-OH is 4. The van der Waals surface area contributed by atoms with Crippen molar-refractivity contribution in [1.82, 2.24) is 0 Å². The number of nitrogens with zero attached hydrogens (tertiary/aromatic N) is 2. The monoisotopic (exact) mass is 569 g/mol. The molecule has 0 spiro atoms. The molecule has 0 aliphatic heterocycles. The average molecular weight is 570 g/mol. The van der Waals surface area contributed by atoms with Gasteiger partial charge in [0, 0.05) is 54.8 Å². The molecule has 0 unspecified atom stereocenters. The Bertz CT molecular complexity index is 1320. The normalized spacial score (nSPS) is 11.1. The number of aliphatic hydroxyl groups is 4. The average Bonchev–Trinajstić information content (AvgIpc) is 3.00. The molecule has 0 atom stereocenters. The van der Waals surface area contributed by atoms with Crippen molar-refractivity contribution in [3.05, 3.63) is 119 Å². The summed E-state index contributed by atoms with van der Waals surface area (Å²) in [5.41, 5.74) is 9.73. The van der Waals surface area contributed by atoms with Gasteiger partial charge in [0.2, 0.25) is 0 Å². The highest BCUT2D eigenvalue weighted by Gasteiger charge is 2.22. The van der Waals surface area contributed by atoms with Crippen LogP contribution in [0, 0.1) is 13.8 Å². The lowest BCUT2D eigenvalue weighted by atomic mass is 9.81. The topological polar surface area (TPSA) is 99.4 Å². The van der Waals surface area contributed by atoms with E-state index in [0.717, 1.165) is 39.4 Å². The summed E-state index contributed by atoms with van der Waals surface area (Å²) < 4.78 is 0. The highest BCUT2D eigenvalue weighted by molar-refractivity contribution is 5.62. The van der Waals surface area contributed by atoms with Crippen LogP contribution in [0.4, 0.5) is 22.7 Å². The largest absolute Gasteiger partial charge is 0.395 e. The number of aryl methyl sites for hydroxylation is 2. The molecule has 0 radical (unpaired) electrons. The van der Waals surface area contributed by atoms with Gasteiger partial charge in [-0.1, -0.05) is 42.5 Å². The molecular formula is C35H43N3O4. The van der Waals surface area contributed by atoms with Gasteiger partial charge in [-0.25, -0.2) is 0 Å². The lowest BCUT2D eigenvalue weighted by molar-refractivity contribution is 0.280. The van der Waals surface area contributed by atoms with Crippen LogP contribution in [0.3, 0.4) is 0 Å². The van der Waals surface area contributed by atoms with Gasteiger partial charge in [-0.05, 0) is 90.2 Å². The molecule has 0 fully saturated rings. The second-order valence-corrected chi connectivity index (χ2v) is 10.5. The van der Waals surface area contributed by atoms with Crippen LogP contribution in [0.2, 0.25) is 0 Å². The van der Waals surface area contributed by atoms with Gasteiger partial charge in [-0.15, -0.1) is 0 Å². The SMILES string of the molecule is Cc1cc(N(CCO)CCO)ccc1C(c1ccc(Nc2ccccc2)cc1)c1ccc(N(CCO)CCO)cc1C. The first-order valence-corrected chi connectivity index (χ1v) is 14.6. The molecule has 4 rings (SSSR count). The molecule has 7 nitrogen and oxygen atoms in total. The minimum absolute atomic E-state index is 0.0158. The van der Waals surface area contributed by atoms with Crippen LogP contribution in [-0.2, 0) is 0 Å². The summed E-state index contributed by atoms with van der Waals surface area (Å²) in [4.78, 5) is 3.99. The van der Waals surface area contributed by atoms with E-state index in [1.165, 1.54) is 11.1 Å². The zero-order chi connectivity index (χ0) is 29.9. The predicted octanol–water partition coefficient (Wildman–Crippen LogP) is 4.81. The standard InChI is InChI=1S/C35H43N3O4/c1-26-24-31(37(16-20-39)17-21-40)12-14-33(26)35(28-8-10-30(11-9-28)36-29-6-4-3-5-7-29)34-15-13-32(25-27(34)2)38(18-22-41)19-23-42/h3-15,24-25,35-36,39-42H,16-23H2,1-2H3. The first-order valence-electron chi connectivity index (χ1n) is 14.6. The van der Waals surface area contributed by atoms with Crippen molar-refractivity contribution in [2.24, 2.45) is 0 Å². The van der Waals surface area contributed by atoms with Crippen molar-refractivity contribution in [1.29, 1.82) is 0 Å². The van der Waals surface area contributed by atoms with Gasteiger partial charge in [0.1, 0.15) is 0 Å². The summed E-state index contributed by atoms with van der Waals surface area (Å²) in [5, 5.41) is 41.7. The fourth-order valence-electron chi connectivity index (χ4n) is 5.56. The van der Waals surface area contributed by atoms with E-state index in [1.54, 1.807) is 0 Å². The van der Waals surface area contributed by atoms with Crippen LogP contribution in [0.25, 0.3) is 0 Å². The van der Waals surface area contributed by atoms with E-state index in [1.807, 2.05) is 40.1 Å². The second kappa shape index (κ2) is 15.4. The Kier molecular flexibility index (Phi) is 11.4. The Morgan fingerprint density at radius 3 is 1.38 bits per heavy atom. The maximum atomic E-state index is 9.55. The summed E-state index contributed by atoms with van der Waals surface area (Å²) in [7, 11) is 0. The Labute approximate surface area is 249 Å². The van der Waals surface area contributed by atoms with Gasteiger partial charge in [0.05, 0.1) is 26.4 Å². The molecule has 0 aromatic heterocycles. The van der Waals surface area contributed by atoms with Gasteiger partial charge in [-0.2, -0.15) is 0 Å². The maximum absolute atomic E-state index is 9.55. The number of nitrogens with one attached hydrogen (secondary N) is 1. The van der Waals surface area contributed by atoms with E-state index in [9.17, 15) is 20.4 Å². The van der Waals surface area contributed by atoms with Crippen molar-refractivity contribution in [3.8, 4) is 0 Å². The van der Waals surface area contributed by atoms with Crippen LogP contribution in [0.15, 0.2) is 91.0 Å². The molecule has 0 bridgehead atoms. The number of hydrogen-bond acceptors (Lipinski definition) is 7. The van der Waals surface area contributed by atoms with E-state index >= 15 is 0 Å². The van der Waals surface area contributed by atoms with E-state index in [4.69, 9.17) is 0 Å². The Morgan fingerprint density at radius 1 is 0.548 bits per heavy atom. The van der Waals surface area contributed by atoms with Crippen molar-refractivity contribution >= 4 is 22.7 Å². The first-order chi connectivity index (χ1) is 20.5. The van der Waals surface area contributed by atoms with Crippen molar-refractivity contribution in [2.75, 3.05) is 67.7 Å². The molecule has 7 heteroatoms. The maximum Gasteiger partial charge on any atom is 0.0606 e. The molecule has 0 amide bonds. The smallest absolute Gasteiger partial charge is 0.0606 e. The number of hydrogen-bond donors (Lipinski definition) is 5. The van der Waals surface area contributed by atoms with Gasteiger partial charge in [0.15, 0.2) is 0 Å². The minimum Gasteiger partial charge on any atom is -0.395 e. The summed E-state index contributed by atoms with van der Waals surface area (Å²) in [5.74, 6) is -0.0351. The van der Waals surface area contributed by atoms with Crippen LogP contribution in [0.5, 0.6) is 0 Å². The van der Waals surface area contributed by atoms with E-state index in [-0.39, 0.29) is 32.3 Å². The quantitative estimate of drug-likeness (QED) is 0.131. The van der Waals surface area contributed by atoms with Gasteiger partial charge >= 0.3 is 0 Å². The van der Waals surface area contributed by atoms with Gasteiger partial charge in [-0.3, -0.25) is 0 Å². The van der Waals surface area contributed by atoms with Crippen LogP contribution in [0.1, 0.15) is 33.7 Å². The summed E-state index contributed by atoms with van der Waals surface area (Å²) in [6.45, 7) is 6.11. The lowest BCUT2D eigenvalue weighted by Gasteiger charge is -2.28. The summed E-state index contributed by atoms with van der Waals surface area (Å²) >= 11 is 0. The number of para-hydroxylation sites is 1. The molecule has 42 heavy (non-hydrogen) atoms. The zero-order valence-electron chi connectivity index (χ0n) is 24.6. The van der Waals surface area contributed by atoms with E-state index < -0.39 is 0 Å². The Balaban J connectivity index is 1.76. The van der Waals surface area contributed by atoms with Crippen molar-refractivity contribution in [3.63, 3.8) is 0 Å². The number of anilines is 4. The molecule has 4 aromatic rings. The predicted molar refractivity (Wildman–Crippen MR) is 172 cm³/mol. The van der Waals surface area contributed by atoms with Crippen LogP contribution >= 0.6 is 0 Å².